The average molecular weight is 155 g/mol. The molecule has 1 N–H and O–H groups in total. The van der Waals surface area contributed by atoms with Gasteiger partial charge in [-0.15, -0.1) is 11.8 Å². The van der Waals surface area contributed by atoms with Crippen molar-refractivity contribution in [2.24, 2.45) is 0 Å². The first-order valence-electron chi connectivity index (χ1n) is 3.39. The standard InChI is InChI=1S/C7H9NOS/c1-2-9-6-4-8-5-7(6)10-3-1/h4-5,8H,1-3H2. The summed E-state index contributed by atoms with van der Waals surface area (Å²) in [5, 5.41) is 0. The molecule has 1 aromatic heterocycles. The van der Waals surface area contributed by atoms with Crippen LogP contribution < -0.4 is 4.74 Å². The molecule has 0 aromatic carbocycles. The number of thioether (sulfide) groups is 1. The molecule has 0 spiro atoms. The third-order valence-corrected chi connectivity index (χ3v) is 2.60. The minimum atomic E-state index is 0.859. The van der Waals surface area contributed by atoms with Gasteiger partial charge in [-0.1, -0.05) is 0 Å². The molecular formula is C7H9NOS. The summed E-state index contributed by atoms with van der Waals surface area (Å²) in [5.41, 5.74) is 0. The summed E-state index contributed by atoms with van der Waals surface area (Å²) in [4.78, 5) is 4.27. The number of aromatic amines is 1. The minimum absolute atomic E-state index is 0.859. The van der Waals surface area contributed by atoms with Gasteiger partial charge in [-0.3, -0.25) is 0 Å². The molecule has 0 fully saturated rings. The van der Waals surface area contributed by atoms with E-state index >= 15 is 0 Å². The van der Waals surface area contributed by atoms with Crippen molar-refractivity contribution < 1.29 is 4.74 Å². The fraction of sp³-hybridized carbons (Fsp3) is 0.429. The van der Waals surface area contributed by atoms with Crippen molar-refractivity contribution in [2.45, 2.75) is 11.3 Å². The molecule has 2 nitrogen and oxygen atoms in total. The maximum Gasteiger partial charge on any atom is 0.150 e. The van der Waals surface area contributed by atoms with Gasteiger partial charge in [-0.05, 0) is 6.42 Å². The Morgan fingerprint density at radius 1 is 1.50 bits per heavy atom. The lowest BCUT2D eigenvalue weighted by molar-refractivity contribution is 0.315. The van der Waals surface area contributed by atoms with Crippen LogP contribution in [-0.2, 0) is 0 Å². The number of nitrogens with one attached hydrogen (secondary N) is 1. The highest BCUT2D eigenvalue weighted by molar-refractivity contribution is 7.99. The first-order chi connectivity index (χ1) is 4.97. The van der Waals surface area contributed by atoms with E-state index < -0.39 is 0 Å². The monoisotopic (exact) mass is 155 g/mol. The number of fused-ring (bicyclic) bond motifs is 1. The number of ether oxygens (including phenoxy) is 1. The van der Waals surface area contributed by atoms with Gasteiger partial charge in [0.1, 0.15) is 5.75 Å². The molecular weight excluding hydrogens is 146 g/mol. The van der Waals surface area contributed by atoms with E-state index in [9.17, 15) is 0 Å². The molecule has 1 aliphatic heterocycles. The van der Waals surface area contributed by atoms with Crippen LogP contribution >= 0.6 is 11.8 Å². The highest BCUT2D eigenvalue weighted by Crippen LogP contribution is 2.31. The van der Waals surface area contributed by atoms with Crippen LogP contribution in [0.3, 0.4) is 0 Å². The molecule has 3 heteroatoms. The van der Waals surface area contributed by atoms with Crippen molar-refractivity contribution in [3.05, 3.63) is 12.4 Å². The fourth-order valence-electron chi connectivity index (χ4n) is 0.984. The quantitative estimate of drug-likeness (QED) is 0.619. The smallest absolute Gasteiger partial charge is 0.150 e. The van der Waals surface area contributed by atoms with E-state index in [1.165, 1.54) is 10.6 Å². The lowest BCUT2D eigenvalue weighted by Gasteiger charge is -1.97. The maximum absolute atomic E-state index is 5.44. The molecule has 0 bridgehead atoms. The molecule has 2 rings (SSSR count). The Bertz CT molecular complexity index is 201. The third kappa shape index (κ3) is 1.01. The van der Waals surface area contributed by atoms with E-state index in [2.05, 4.69) is 4.98 Å². The summed E-state index contributed by atoms with van der Waals surface area (Å²) in [7, 11) is 0. The normalized spacial score (nSPS) is 17.2. The van der Waals surface area contributed by atoms with Crippen LogP contribution in [0.4, 0.5) is 0 Å². The summed E-state index contributed by atoms with van der Waals surface area (Å²) < 4.78 is 5.44. The second kappa shape index (κ2) is 2.58. The lowest BCUT2D eigenvalue weighted by atomic mass is 10.5. The first-order valence-corrected chi connectivity index (χ1v) is 4.38. The van der Waals surface area contributed by atoms with Gasteiger partial charge in [0.15, 0.2) is 0 Å². The summed E-state index contributed by atoms with van der Waals surface area (Å²) in [6, 6.07) is 0. The fourth-order valence-corrected chi connectivity index (χ4v) is 1.88. The lowest BCUT2D eigenvalue weighted by Crippen LogP contribution is -1.94. The summed E-state index contributed by atoms with van der Waals surface area (Å²) >= 11 is 1.86. The molecule has 54 valence electrons. The van der Waals surface area contributed by atoms with Gasteiger partial charge >= 0.3 is 0 Å². The van der Waals surface area contributed by atoms with Crippen LogP contribution in [-0.4, -0.2) is 17.3 Å². The molecule has 0 radical (unpaired) electrons. The van der Waals surface area contributed by atoms with Crippen molar-refractivity contribution in [1.82, 2.24) is 4.98 Å². The molecule has 0 saturated heterocycles. The number of H-pyrrole nitrogens is 1. The van der Waals surface area contributed by atoms with Gasteiger partial charge in [0.05, 0.1) is 11.5 Å². The topological polar surface area (TPSA) is 25.0 Å². The third-order valence-electron chi connectivity index (χ3n) is 1.48. The van der Waals surface area contributed by atoms with Gasteiger partial charge in [0.2, 0.25) is 0 Å². The van der Waals surface area contributed by atoms with Crippen molar-refractivity contribution in [2.75, 3.05) is 12.4 Å². The molecule has 0 amide bonds. The Hall–Kier alpha value is -0.570. The van der Waals surface area contributed by atoms with Gasteiger partial charge in [0, 0.05) is 18.1 Å². The molecule has 0 unspecified atom stereocenters. The predicted octanol–water partition coefficient (Wildman–Crippen LogP) is 1.89. The highest BCUT2D eigenvalue weighted by atomic mass is 32.2. The molecule has 2 heterocycles. The zero-order valence-corrected chi connectivity index (χ0v) is 6.41. The van der Waals surface area contributed by atoms with Gasteiger partial charge in [-0.25, -0.2) is 0 Å². The zero-order chi connectivity index (χ0) is 6.81. The van der Waals surface area contributed by atoms with Crippen molar-refractivity contribution >= 4 is 11.8 Å². The minimum Gasteiger partial charge on any atom is -0.491 e. The Balaban J connectivity index is 2.28. The molecule has 1 aliphatic rings. The SMILES string of the molecule is c1[nH]cc2c1OCCCS2. The average Bonchev–Trinajstić information content (AvgIpc) is 2.28. The highest BCUT2D eigenvalue weighted by Gasteiger charge is 2.08. The van der Waals surface area contributed by atoms with Gasteiger partial charge in [0.25, 0.3) is 0 Å². The van der Waals surface area contributed by atoms with Crippen LogP contribution in [0.25, 0.3) is 0 Å². The van der Waals surface area contributed by atoms with E-state index in [0.29, 0.717) is 0 Å². The summed E-state index contributed by atoms with van der Waals surface area (Å²) in [6.45, 7) is 0.859. The van der Waals surface area contributed by atoms with Gasteiger partial charge in [-0.2, -0.15) is 0 Å². The van der Waals surface area contributed by atoms with E-state index in [-0.39, 0.29) is 0 Å². The Morgan fingerprint density at radius 3 is 3.50 bits per heavy atom. The van der Waals surface area contributed by atoms with Crippen LogP contribution in [0.1, 0.15) is 6.42 Å². The molecule has 0 atom stereocenters. The number of hydrogen-bond acceptors (Lipinski definition) is 2. The number of hydrogen-bond donors (Lipinski definition) is 1. The maximum atomic E-state index is 5.44. The number of rotatable bonds is 0. The van der Waals surface area contributed by atoms with Crippen molar-refractivity contribution in [1.29, 1.82) is 0 Å². The van der Waals surface area contributed by atoms with Crippen LogP contribution in [0, 0.1) is 0 Å². The largest absolute Gasteiger partial charge is 0.491 e. The van der Waals surface area contributed by atoms with E-state index in [4.69, 9.17) is 4.74 Å². The van der Waals surface area contributed by atoms with Crippen LogP contribution in [0.15, 0.2) is 17.3 Å². The summed E-state index contributed by atoms with van der Waals surface area (Å²) in [6.07, 6.45) is 5.05. The van der Waals surface area contributed by atoms with Crippen LogP contribution in [0.5, 0.6) is 5.75 Å². The second-order valence-corrected chi connectivity index (χ2v) is 3.37. The number of aromatic nitrogens is 1. The zero-order valence-electron chi connectivity index (χ0n) is 5.59. The van der Waals surface area contributed by atoms with Crippen molar-refractivity contribution in [3.63, 3.8) is 0 Å². The predicted molar refractivity (Wildman–Crippen MR) is 41.6 cm³/mol. The Kier molecular flexibility index (Phi) is 1.59. The first kappa shape index (κ1) is 6.16. The Morgan fingerprint density at radius 2 is 2.50 bits per heavy atom. The summed E-state index contributed by atoms with van der Waals surface area (Å²) in [5.74, 6) is 2.19. The Labute approximate surface area is 64.0 Å². The second-order valence-electron chi connectivity index (χ2n) is 2.23. The van der Waals surface area contributed by atoms with E-state index in [1.807, 2.05) is 24.2 Å². The van der Waals surface area contributed by atoms with Crippen LogP contribution in [0.2, 0.25) is 0 Å². The van der Waals surface area contributed by atoms with E-state index in [0.717, 1.165) is 18.8 Å². The molecule has 0 saturated carbocycles. The molecule has 10 heavy (non-hydrogen) atoms. The van der Waals surface area contributed by atoms with Crippen molar-refractivity contribution in [3.8, 4) is 5.75 Å². The molecule has 0 aliphatic carbocycles. The molecule has 1 aromatic rings. The van der Waals surface area contributed by atoms with E-state index in [1.54, 1.807) is 0 Å². The van der Waals surface area contributed by atoms with Gasteiger partial charge < -0.3 is 9.72 Å².